The first kappa shape index (κ1) is 10.2. The number of nitrogens with zero attached hydrogens (tertiary/aromatic N) is 1. The van der Waals surface area contributed by atoms with Crippen LogP contribution in [0.15, 0.2) is 0 Å². The van der Waals surface area contributed by atoms with Gasteiger partial charge in [0.05, 0.1) is 5.75 Å². The number of hydrogen-bond donors (Lipinski definition) is 0. The summed E-state index contributed by atoms with van der Waals surface area (Å²) >= 11 is 1.29. The van der Waals surface area contributed by atoms with Gasteiger partial charge in [-0.05, 0) is 5.75 Å². The Morgan fingerprint density at radius 2 is 2.20 bits per heavy atom. The number of rotatable bonds is 6. The van der Waals surface area contributed by atoms with Gasteiger partial charge in [-0.25, -0.2) is 8.78 Å². The van der Waals surface area contributed by atoms with Crippen molar-refractivity contribution in [2.45, 2.75) is 12.8 Å². The summed E-state index contributed by atoms with van der Waals surface area (Å²) in [6, 6.07) is 0. The Bertz CT molecular complexity index is 70.8. The molecule has 0 aromatic rings. The van der Waals surface area contributed by atoms with Crippen molar-refractivity contribution >= 4 is 11.8 Å². The highest BCUT2D eigenvalue weighted by atomic mass is 32.2. The Kier molecular flexibility index (Phi) is 7.40. The first-order chi connectivity index (χ1) is 4.77. The van der Waals surface area contributed by atoms with Crippen LogP contribution in [0.4, 0.5) is 8.78 Å². The Morgan fingerprint density at radius 3 is 2.70 bits per heavy atom. The molecule has 0 aliphatic carbocycles. The van der Waals surface area contributed by atoms with E-state index in [0.29, 0.717) is 0 Å². The molecule has 0 N–H and O–H groups in total. The fourth-order valence-electron chi connectivity index (χ4n) is 0.497. The summed E-state index contributed by atoms with van der Waals surface area (Å²) in [4.78, 5) is 0. The fraction of sp³-hybridized carbons (Fsp3) is 1.00. The van der Waals surface area contributed by atoms with Crippen molar-refractivity contribution in [1.29, 1.82) is 0 Å². The van der Waals surface area contributed by atoms with E-state index in [1.54, 1.807) is 7.05 Å². The maximum absolute atomic E-state index is 11.5. The smallest absolute Gasteiger partial charge is 0.247 e. The third-order valence-electron chi connectivity index (χ3n) is 0.914. The summed E-state index contributed by atoms with van der Waals surface area (Å²) in [5.74, 6) is 0.755. The van der Waals surface area contributed by atoms with Crippen LogP contribution in [0, 0.1) is 0 Å². The van der Waals surface area contributed by atoms with Gasteiger partial charge in [-0.3, -0.25) is 0 Å². The first-order valence-corrected chi connectivity index (χ1v) is 4.34. The monoisotopic (exact) mass is 168 g/mol. The second-order valence-electron chi connectivity index (χ2n) is 1.86. The molecule has 0 spiro atoms. The molecule has 0 aliphatic heterocycles. The van der Waals surface area contributed by atoms with Crippen LogP contribution < -0.4 is 0 Å². The fourth-order valence-corrected chi connectivity index (χ4v) is 1.18. The molecule has 0 saturated heterocycles. The lowest BCUT2D eigenvalue weighted by atomic mass is 10.5. The molecule has 4 heteroatoms. The van der Waals surface area contributed by atoms with Crippen molar-refractivity contribution < 1.29 is 8.78 Å². The van der Waals surface area contributed by atoms with Crippen molar-refractivity contribution in [3.8, 4) is 0 Å². The average molecular weight is 168 g/mol. The molecule has 0 aliphatic rings. The number of halogens is 2. The molecule has 0 aromatic carbocycles. The largest absolute Gasteiger partial charge is 0.665 e. The molecule has 0 bridgehead atoms. The summed E-state index contributed by atoms with van der Waals surface area (Å²) < 4.78 is 23.0. The van der Waals surface area contributed by atoms with Gasteiger partial charge in [0.15, 0.2) is 0 Å². The van der Waals surface area contributed by atoms with Gasteiger partial charge in [0.25, 0.3) is 0 Å². The van der Waals surface area contributed by atoms with Crippen LogP contribution in [0.3, 0.4) is 0 Å². The number of alkyl halides is 2. The molecule has 0 atom stereocenters. The highest BCUT2D eigenvalue weighted by Gasteiger charge is 1.99. The first-order valence-electron chi connectivity index (χ1n) is 3.19. The van der Waals surface area contributed by atoms with Crippen molar-refractivity contribution in [3.63, 3.8) is 0 Å². The Hall–Kier alpha value is 0.170. The molecule has 0 amide bonds. The quantitative estimate of drug-likeness (QED) is 0.555. The maximum Gasteiger partial charge on any atom is 0.247 e. The molecule has 0 saturated carbocycles. The second-order valence-corrected chi connectivity index (χ2v) is 3.01. The van der Waals surface area contributed by atoms with E-state index in [-0.39, 0.29) is 5.75 Å². The molecule has 1 nitrogen and oxygen atoms in total. The van der Waals surface area contributed by atoms with E-state index in [9.17, 15) is 8.78 Å². The molecule has 10 heavy (non-hydrogen) atoms. The van der Waals surface area contributed by atoms with E-state index in [1.165, 1.54) is 11.8 Å². The van der Waals surface area contributed by atoms with Gasteiger partial charge >= 0.3 is 0 Å². The zero-order valence-electron chi connectivity index (χ0n) is 6.02. The van der Waals surface area contributed by atoms with E-state index in [4.69, 9.17) is 0 Å². The molecule has 0 fully saturated rings. The SMILES string of the molecule is C[N-]CCCSCC(F)F. The normalized spacial score (nSPS) is 10.8. The molecular weight excluding hydrogens is 156 g/mol. The molecule has 0 aromatic heterocycles. The van der Waals surface area contributed by atoms with Crippen LogP contribution in [0.25, 0.3) is 5.32 Å². The lowest BCUT2D eigenvalue weighted by molar-refractivity contribution is 0.177. The zero-order valence-corrected chi connectivity index (χ0v) is 6.83. The van der Waals surface area contributed by atoms with E-state index in [0.717, 1.165) is 18.7 Å². The highest BCUT2D eigenvalue weighted by Crippen LogP contribution is 2.08. The average Bonchev–Trinajstić information content (AvgIpc) is 1.87. The molecule has 0 heterocycles. The number of thioether (sulfide) groups is 1. The van der Waals surface area contributed by atoms with Gasteiger partial charge < -0.3 is 5.32 Å². The van der Waals surface area contributed by atoms with E-state index >= 15 is 0 Å². The van der Waals surface area contributed by atoms with Crippen molar-refractivity contribution in [1.82, 2.24) is 0 Å². The Balaban J connectivity index is 2.77. The van der Waals surface area contributed by atoms with Crippen LogP contribution >= 0.6 is 11.8 Å². The van der Waals surface area contributed by atoms with Crippen LogP contribution in [0.2, 0.25) is 0 Å². The van der Waals surface area contributed by atoms with Gasteiger partial charge in [-0.2, -0.15) is 18.8 Å². The van der Waals surface area contributed by atoms with Crippen molar-refractivity contribution in [2.75, 3.05) is 25.1 Å². The summed E-state index contributed by atoms with van der Waals surface area (Å²) in [6.07, 6.45) is -1.25. The van der Waals surface area contributed by atoms with Crippen LogP contribution in [-0.2, 0) is 0 Å². The predicted octanol–water partition coefficient (Wildman–Crippen LogP) is 2.38. The minimum atomic E-state index is -2.16. The second kappa shape index (κ2) is 7.28. The Labute approximate surface area is 64.6 Å². The summed E-state index contributed by atoms with van der Waals surface area (Å²) in [6.45, 7) is 0.788. The Morgan fingerprint density at radius 1 is 1.50 bits per heavy atom. The van der Waals surface area contributed by atoms with E-state index < -0.39 is 6.43 Å². The van der Waals surface area contributed by atoms with Gasteiger partial charge in [0.2, 0.25) is 6.43 Å². The summed E-state index contributed by atoms with van der Waals surface area (Å²) in [5.41, 5.74) is 0. The minimum Gasteiger partial charge on any atom is -0.665 e. The zero-order chi connectivity index (χ0) is 7.82. The predicted molar refractivity (Wildman–Crippen MR) is 42.1 cm³/mol. The van der Waals surface area contributed by atoms with Gasteiger partial charge in [0.1, 0.15) is 0 Å². The highest BCUT2D eigenvalue weighted by molar-refractivity contribution is 7.99. The topological polar surface area (TPSA) is 14.1 Å². The van der Waals surface area contributed by atoms with Gasteiger partial charge in [-0.1, -0.05) is 6.42 Å². The minimum absolute atomic E-state index is 0.0380. The van der Waals surface area contributed by atoms with E-state index in [1.807, 2.05) is 0 Å². The molecule has 0 radical (unpaired) electrons. The summed E-state index contributed by atoms with van der Waals surface area (Å²) in [5, 5.41) is 3.85. The van der Waals surface area contributed by atoms with Crippen molar-refractivity contribution in [3.05, 3.63) is 5.32 Å². The van der Waals surface area contributed by atoms with Crippen molar-refractivity contribution in [2.24, 2.45) is 0 Å². The van der Waals surface area contributed by atoms with Crippen LogP contribution in [0.5, 0.6) is 0 Å². The maximum atomic E-state index is 11.5. The third kappa shape index (κ3) is 8.17. The molecule has 0 rings (SSSR count). The lowest BCUT2D eigenvalue weighted by Crippen LogP contribution is -1.95. The molecule has 62 valence electrons. The molecule has 0 unspecified atom stereocenters. The standard InChI is InChI=1S/C6H12F2NS/c1-9-3-2-4-10-5-6(7)8/h6H,2-5H2,1H3/q-1. The molecular formula is C6H12F2NS-. The van der Waals surface area contributed by atoms with Gasteiger partial charge in [0, 0.05) is 0 Å². The third-order valence-corrected chi connectivity index (χ3v) is 1.98. The number of hydrogen-bond acceptors (Lipinski definition) is 1. The van der Waals surface area contributed by atoms with Crippen LogP contribution in [-0.4, -0.2) is 31.5 Å². The lowest BCUT2D eigenvalue weighted by Gasteiger charge is -2.08. The van der Waals surface area contributed by atoms with Gasteiger partial charge in [-0.15, -0.1) is 6.54 Å². The summed E-state index contributed by atoms with van der Waals surface area (Å²) in [7, 11) is 1.73. The van der Waals surface area contributed by atoms with E-state index in [2.05, 4.69) is 5.32 Å². The van der Waals surface area contributed by atoms with Crippen LogP contribution in [0.1, 0.15) is 6.42 Å².